The normalized spacial score (nSPS) is 11.6. The van der Waals surface area contributed by atoms with Gasteiger partial charge in [-0.25, -0.2) is 0 Å². The van der Waals surface area contributed by atoms with Crippen LogP contribution in [0.5, 0.6) is 0 Å². The molecule has 0 amide bonds. The van der Waals surface area contributed by atoms with Gasteiger partial charge in [0.25, 0.3) is 0 Å². The maximum absolute atomic E-state index is 2.58. The number of nitrogens with zero attached hydrogens (tertiary/aromatic N) is 2. The first-order valence-electron chi connectivity index (χ1n) is 24.3. The van der Waals surface area contributed by atoms with Crippen LogP contribution in [-0.2, 0) is 0 Å². The van der Waals surface area contributed by atoms with Crippen molar-refractivity contribution >= 4 is 137 Å². The standard InChI is InChI=1S/C60H47B7N2/c61-52-48(53(62)57(66)59-50(52)51-54(63)55(64)56(65)58(67)60(51)68(59)41-24-13-23-38(31-41)34-15-5-1-6-16-34)40-28-30-46-44(33-40)49-42(36-19-9-3-10-20-36)25-14-26-47(49)69(46)45-29-27-39(35-17-7-2-8-18-35)32-43(45)37-21-11-4-12-22-37/h1-33H,61-67H2. The van der Waals surface area contributed by atoms with E-state index in [1.165, 1.54) is 143 Å². The van der Waals surface area contributed by atoms with Gasteiger partial charge in [0.2, 0.25) is 0 Å². The summed E-state index contributed by atoms with van der Waals surface area (Å²) in [6.45, 7) is 0. The number of aromatic nitrogens is 2. The van der Waals surface area contributed by atoms with E-state index in [0.717, 1.165) is 5.69 Å². The van der Waals surface area contributed by atoms with Crippen molar-refractivity contribution in [3.8, 4) is 67.0 Å². The van der Waals surface area contributed by atoms with Gasteiger partial charge in [-0.05, 0) is 97.9 Å². The molecule has 12 rings (SSSR count). The number of hydrogen-bond donors (Lipinski definition) is 0. The van der Waals surface area contributed by atoms with Crippen molar-refractivity contribution < 1.29 is 0 Å². The minimum Gasteiger partial charge on any atom is -0.310 e. The zero-order valence-electron chi connectivity index (χ0n) is 40.4. The Morgan fingerprint density at radius 3 is 1.42 bits per heavy atom. The second-order valence-electron chi connectivity index (χ2n) is 19.0. The highest BCUT2D eigenvalue weighted by atomic mass is 15.0. The van der Waals surface area contributed by atoms with E-state index < -0.39 is 0 Å². The van der Waals surface area contributed by atoms with Gasteiger partial charge in [-0.2, -0.15) is 0 Å². The molecule has 2 heterocycles. The lowest BCUT2D eigenvalue weighted by Gasteiger charge is -2.19. The summed E-state index contributed by atoms with van der Waals surface area (Å²) < 4.78 is 5.10. The van der Waals surface area contributed by atoms with Gasteiger partial charge in [0, 0.05) is 38.4 Å². The largest absolute Gasteiger partial charge is 0.310 e. The third-order valence-corrected chi connectivity index (χ3v) is 15.4. The molecule has 0 bridgehead atoms. The highest BCUT2D eigenvalue weighted by Gasteiger charge is 2.26. The molecule has 0 aliphatic carbocycles. The molecule has 0 N–H and O–H groups in total. The zero-order valence-corrected chi connectivity index (χ0v) is 40.4. The first-order valence-corrected chi connectivity index (χ1v) is 24.3. The van der Waals surface area contributed by atoms with Crippen LogP contribution in [0.25, 0.3) is 111 Å². The van der Waals surface area contributed by atoms with Crippen LogP contribution < -0.4 is 38.2 Å². The van der Waals surface area contributed by atoms with Gasteiger partial charge in [-0.1, -0.05) is 191 Å². The molecule has 69 heavy (non-hydrogen) atoms. The Morgan fingerprint density at radius 1 is 0.275 bits per heavy atom. The smallest absolute Gasteiger partial charge is 0.141 e. The van der Waals surface area contributed by atoms with Crippen molar-refractivity contribution in [3.63, 3.8) is 0 Å². The maximum atomic E-state index is 2.58. The summed E-state index contributed by atoms with van der Waals surface area (Å²) in [5.74, 6) is 0. The van der Waals surface area contributed by atoms with Crippen molar-refractivity contribution in [2.24, 2.45) is 0 Å². The van der Waals surface area contributed by atoms with Gasteiger partial charge in [-0.3, -0.25) is 0 Å². The Hall–Kier alpha value is -7.75. The summed E-state index contributed by atoms with van der Waals surface area (Å²) >= 11 is 0. The fourth-order valence-corrected chi connectivity index (χ4v) is 11.6. The van der Waals surface area contributed by atoms with Crippen molar-refractivity contribution in [2.45, 2.75) is 0 Å². The monoisotopic (exact) mass is 872 g/mol. The molecule has 10 aromatic carbocycles. The van der Waals surface area contributed by atoms with Crippen LogP contribution in [0.3, 0.4) is 0 Å². The van der Waals surface area contributed by atoms with Crippen LogP contribution in [0.15, 0.2) is 200 Å². The van der Waals surface area contributed by atoms with E-state index in [-0.39, 0.29) is 0 Å². The van der Waals surface area contributed by atoms with Crippen LogP contribution >= 0.6 is 0 Å². The lowest BCUT2D eigenvalue weighted by atomic mass is 9.64. The number of rotatable bonds is 7. The average Bonchev–Trinajstić information content (AvgIpc) is 3.94. The molecule has 0 unspecified atom stereocenters. The lowest BCUT2D eigenvalue weighted by Crippen LogP contribution is -2.48. The van der Waals surface area contributed by atoms with E-state index in [2.05, 4.69) is 264 Å². The SMILES string of the molecule is Bc1c(B)c(B)c2c(c1B)c1c(B)c(-c3ccc4c(c3)c3c(-c5ccccc5)cccc3n4-c3ccc(-c4ccccc4)cc3-c3ccccc3)c(B)c(B)c1n2-c1cccc(-c2ccccc2)c1. The van der Waals surface area contributed by atoms with Gasteiger partial charge >= 0.3 is 0 Å². The Kier molecular flexibility index (Phi) is 10.4. The van der Waals surface area contributed by atoms with E-state index in [4.69, 9.17) is 0 Å². The maximum Gasteiger partial charge on any atom is 0.141 e. The Morgan fingerprint density at radius 2 is 0.783 bits per heavy atom. The van der Waals surface area contributed by atoms with E-state index >= 15 is 0 Å². The molecule has 0 aliphatic heterocycles. The molecule has 9 heteroatoms. The van der Waals surface area contributed by atoms with E-state index in [1.807, 2.05) is 0 Å². The number of fused-ring (bicyclic) bond motifs is 6. The van der Waals surface area contributed by atoms with Crippen molar-refractivity contribution in [2.75, 3.05) is 0 Å². The fraction of sp³-hybridized carbons (Fsp3) is 0. The van der Waals surface area contributed by atoms with Gasteiger partial charge in [0.1, 0.15) is 54.9 Å². The van der Waals surface area contributed by atoms with Crippen molar-refractivity contribution in [3.05, 3.63) is 200 Å². The first kappa shape index (κ1) is 42.6. The summed E-state index contributed by atoms with van der Waals surface area (Å²) in [6.07, 6.45) is 0. The lowest BCUT2D eigenvalue weighted by molar-refractivity contribution is 1.18. The molecule has 0 saturated carbocycles. The molecule has 0 aliphatic rings. The molecule has 0 fully saturated rings. The predicted octanol–water partition coefficient (Wildman–Crippen LogP) is 4.02. The zero-order chi connectivity index (χ0) is 47.1. The average molecular weight is 872 g/mol. The third kappa shape index (κ3) is 6.73. The molecule has 318 valence electrons. The van der Waals surface area contributed by atoms with Crippen molar-refractivity contribution in [1.29, 1.82) is 0 Å². The highest BCUT2D eigenvalue weighted by Crippen LogP contribution is 2.43. The first-order chi connectivity index (χ1) is 33.7. The van der Waals surface area contributed by atoms with Crippen LogP contribution in [-0.4, -0.2) is 64.1 Å². The summed E-state index contributed by atoms with van der Waals surface area (Å²) in [6, 6.07) is 73.5. The summed E-state index contributed by atoms with van der Waals surface area (Å²) in [5, 5.41) is 5.19. The highest BCUT2D eigenvalue weighted by molar-refractivity contribution is 6.69. The molecule has 2 aromatic heterocycles. The molecular weight excluding hydrogens is 824 g/mol. The second-order valence-corrected chi connectivity index (χ2v) is 19.0. The van der Waals surface area contributed by atoms with E-state index in [1.54, 1.807) is 0 Å². The topological polar surface area (TPSA) is 9.86 Å². The van der Waals surface area contributed by atoms with Crippen molar-refractivity contribution in [1.82, 2.24) is 9.13 Å². The number of hydrogen-bond acceptors (Lipinski definition) is 0. The molecule has 0 atom stereocenters. The second kappa shape index (κ2) is 16.8. The molecular formula is C60H47B7N2. The fourth-order valence-electron chi connectivity index (χ4n) is 11.6. The van der Waals surface area contributed by atoms with E-state index in [9.17, 15) is 0 Å². The Bertz CT molecular complexity index is 4010. The number of benzene rings is 10. The van der Waals surface area contributed by atoms with Crippen LogP contribution in [0.2, 0.25) is 0 Å². The van der Waals surface area contributed by atoms with Gasteiger partial charge in [-0.15, -0.1) is 5.46 Å². The van der Waals surface area contributed by atoms with E-state index in [0.29, 0.717) is 0 Å². The molecule has 0 spiro atoms. The Labute approximate surface area is 410 Å². The van der Waals surface area contributed by atoms with Crippen LogP contribution in [0.4, 0.5) is 0 Å². The summed E-state index contributed by atoms with van der Waals surface area (Å²) in [4.78, 5) is 0. The summed E-state index contributed by atoms with van der Waals surface area (Å²) in [5.41, 5.74) is 28.9. The quantitative estimate of drug-likeness (QED) is 0.215. The minimum atomic E-state index is 1.16. The van der Waals surface area contributed by atoms with Gasteiger partial charge in [0.05, 0.1) is 16.7 Å². The van der Waals surface area contributed by atoms with Crippen LogP contribution in [0, 0.1) is 0 Å². The molecule has 2 nitrogen and oxygen atoms in total. The summed E-state index contributed by atoms with van der Waals surface area (Å²) in [7, 11) is 16.3. The van der Waals surface area contributed by atoms with Gasteiger partial charge < -0.3 is 9.13 Å². The predicted molar refractivity (Wildman–Crippen MR) is 320 cm³/mol. The molecule has 12 aromatic rings. The minimum absolute atomic E-state index is 1.16. The Balaban J connectivity index is 1.15. The molecule has 0 saturated heterocycles. The van der Waals surface area contributed by atoms with Crippen LogP contribution in [0.1, 0.15) is 0 Å². The molecule has 0 radical (unpaired) electrons. The van der Waals surface area contributed by atoms with Gasteiger partial charge in [0.15, 0.2) is 0 Å². The third-order valence-electron chi connectivity index (χ3n) is 15.4.